The number of carbonyl (C=O) groups is 2. The molecule has 32 heavy (non-hydrogen) atoms. The summed E-state index contributed by atoms with van der Waals surface area (Å²) >= 11 is 0. The number of amides is 1. The summed E-state index contributed by atoms with van der Waals surface area (Å²) in [6.07, 6.45) is -0.587. The average molecular weight is 429 g/mol. The zero-order chi connectivity index (χ0) is 22.1. The van der Waals surface area contributed by atoms with Gasteiger partial charge in [0.1, 0.15) is 19.0 Å². The highest BCUT2D eigenvalue weighted by atomic mass is 16.6. The maximum absolute atomic E-state index is 12.9. The number of nitrogens with zero attached hydrogens (tertiary/aromatic N) is 1. The maximum atomic E-state index is 12.9. The minimum atomic E-state index is -0.842. The first-order chi connectivity index (χ1) is 15.6. The van der Waals surface area contributed by atoms with E-state index in [9.17, 15) is 9.59 Å². The van der Waals surface area contributed by atoms with Crippen molar-refractivity contribution in [2.75, 3.05) is 19.9 Å². The Balaban J connectivity index is 1.27. The lowest BCUT2D eigenvalue weighted by Crippen LogP contribution is -2.42. The summed E-state index contributed by atoms with van der Waals surface area (Å²) in [6, 6.07) is 23.0. The molecule has 0 bridgehead atoms. The highest BCUT2D eigenvalue weighted by Gasteiger charge is 2.40. The van der Waals surface area contributed by atoms with E-state index in [0.717, 1.165) is 27.8 Å². The number of fused-ring (bicyclic) bond motifs is 3. The van der Waals surface area contributed by atoms with Crippen molar-refractivity contribution in [3.05, 3.63) is 89.5 Å². The first-order valence-corrected chi connectivity index (χ1v) is 10.6. The van der Waals surface area contributed by atoms with Crippen molar-refractivity contribution in [1.82, 2.24) is 4.90 Å². The van der Waals surface area contributed by atoms with Gasteiger partial charge in [-0.15, -0.1) is 0 Å². The third-order valence-electron chi connectivity index (χ3n) is 5.96. The van der Waals surface area contributed by atoms with Gasteiger partial charge >= 0.3 is 12.1 Å². The molecule has 1 fully saturated rings. The molecule has 1 saturated heterocycles. The topological polar surface area (TPSA) is 65.1 Å². The quantitative estimate of drug-likeness (QED) is 0.559. The SMILES string of the molecule is Cc1cccc(OCC2C(=O)OCN2C(=O)OCC2c3ccccc3-c3ccccc32)c1. The van der Waals surface area contributed by atoms with Crippen molar-refractivity contribution in [2.45, 2.75) is 18.9 Å². The van der Waals surface area contributed by atoms with Gasteiger partial charge in [0.2, 0.25) is 0 Å². The predicted octanol–water partition coefficient (Wildman–Crippen LogP) is 4.51. The minimum Gasteiger partial charge on any atom is -0.491 e. The number of hydrogen-bond donors (Lipinski definition) is 0. The van der Waals surface area contributed by atoms with Gasteiger partial charge in [-0.1, -0.05) is 60.7 Å². The van der Waals surface area contributed by atoms with Gasteiger partial charge in [-0.3, -0.25) is 4.90 Å². The zero-order valence-corrected chi connectivity index (χ0v) is 17.7. The molecule has 5 rings (SSSR count). The van der Waals surface area contributed by atoms with E-state index < -0.39 is 18.1 Å². The van der Waals surface area contributed by atoms with Crippen molar-refractivity contribution in [2.24, 2.45) is 0 Å². The fraction of sp³-hybridized carbons (Fsp3) is 0.231. The zero-order valence-electron chi connectivity index (χ0n) is 17.7. The Kier molecular flexibility index (Phi) is 5.27. The molecule has 0 saturated carbocycles. The second-order valence-corrected chi connectivity index (χ2v) is 8.01. The lowest BCUT2D eigenvalue weighted by molar-refractivity contribution is -0.139. The maximum Gasteiger partial charge on any atom is 0.413 e. The van der Waals surface area contributed by atoms with E-state index in [1.807, 2.05) is 55.5 Å². The van der Waals surface area contributed by atoms with Crippen LogP contribution in [0.2, 0.25) is 0 Å². The van der Waals surface area contributed by atoms with Gasteiger partial charge in [-0.2, -0.15) is 0 Å². The molecule has 1 aliphatic heterocycles. The Morgan fingerprint density at radius 1 is 0.969 bits per heavy atom. The third kappa shape index (κ3) is 3.68. The van der Waals surface area contributed by atoms with Gasteiger partial charge in [-0.25, -0.2) is 9.59 Å². The van der Waals surface area contributed by atoms with Gasteiger partial charge in [0.25, 0.3) is 0 Å². The van der Waals surface area contributed by atoms with Crippen LogP contribution in [0.25, 0.3) is 11.1 Å². The molecule has 1 aliphatic carbocycles. The van der Waals surface area contributed by atoms with E-state index in [1.165, 1.54) is 4.90 Å². The molecule has 3 aromatic rings. The number of rotatable bonds is 5. The Morgan fingerprint density at radius 3 is 2.34 bits per heavy atom. The second-order valence-electron chi connectivity index (χ2n) is 8.01. The van der Waals surface area contributed by atoms with Crippen LogP contribution in [0.1, 0.15) is 22.6 Å². The Hall–Kier alpha value is -3.80. The third-order valence-corrected chi connectivity index (χ3v) is 5.96. The summed E-state index contributed by atoms with van der Waals surface area (Å²) < 4.78 is 16.5. The molecule has 6 heteroatoms. The predicted molar refractivity (Wildman–Crippen MR) is 118 cm³/mol. The van der Waals surface area contributed by atoms with E-state index in [2.05, 4.69) is 24.3 Å². The molecule has 6 nitrogen and oxygen atoms in total. The van der Waals surface area contributed by atoms with E-state index >= 15 is 0 Å². The van der Waals surface area contributed by atoms with E-state index in [0.29, 0.717) is 5.75 Å². The number of hydrogen-bond acceptors (Lipinski definition) is 5. The molecule has 0 aromatic heterocycles. The number of aryl methyl sites for hydroxylation is 1. The Labute approximate surface area is 186 Å². The number of ether oxygens (including phenoxy) is 3. The standard InChI is InChI=1S/C26H23NO5/c1-17-7-6-8-18(13-17)30-15-24-25(28)32-16-27(24)26(29)31-14-23-21-11-4-2-9-19(21)20-10-3-5-12-22(20)23/h2-13,23-24H,14-16H2,1H3. The molecular formula is C26H23NO5. The lowest BCUT2D eigenvalue weighted by Gasteiger charge is -2.21. The first kappa shape index (κ1) is 20.1. The van der Waals surface area contributed by atoms with Crippen molar-refractivity contribution < 1.29 is 23.8 Å². The summed E-state index contributed by atoms with van der Waals surface area (Å²) in [4.78, 5) is 26.4. The van der Waals surface area contributed by atoms with Crippen LogP contribution in [-0.2, 0) is 14.3 Å². The summed E-state index contributed by atoms with van der Waals surface area (Å²) in [5.74, 6) is 0.0934. The molecule has 1 atom stereocenters. The molecule has 1 amide bonds. The second kappa shape index (κ2) is 8.38. The molecule has 0 radical (unpaired) electrons. The van der Waals surface area contributed by atoms with Gasteiger partial charge in [0.05, 0.1) is 0 Å². The minimum absolute atomic E-state index is 0.00643. The van der Waals surface area contributed by atoms with Crippen LogP contribution in [0.3, 0.4) is 0 Å². The molecule has 1 unspecified atom stereocenters. The van der Waals surface area contributed by atoms with Gasteiger partial charge in [0.15, 0.2) is 12.8 Å². The smallest absolute Gasteiger partial charge is 0.413 e. The van der Waals surface area contributed by atoms with Crippen LogP contribution in [0.5, 0.6) is 5.75 Å². The number of benzene rings is 3. The van der Waals surface area contributed by atoms with Crippen LogP contribution >= 0.6 is 0 Å². The largest absolute Gasteiger partial charge is 0.491 e. The van der Waals surface area contributed by atoms with Crippen LogP contribution in [0, 0.1) is 6.92 Å². The number of esters is 1. The highest BCUT2D eigenvalue weighted by molar-refractivity contribution is 5.84. The Bertz CT molecular complexity index is 1130. The van der Waals surface area contributed by atoms with E-state index in [1.54, 1.807) is 0 Å². The van der Waals surface area contributed by atoms with Crippen LogP contribution in [-0.4, -0.2) is 42.9 Å². The fourth-order valence-corrected chi connectivity index (χ4v) is 4.34. The van der Waals surface area contributed by atoms with Gasteiger partial charge in [-0.05, 0) is 46.9 Å². The van der Waals surface area contributed by atoms with Crippen molar-refractivity contribution in [3.63, 3.8) is 0 Å². The van der Waals surface area contributed by atoms with Crippen LogP contribution in [0.15, 0.2) is 72.8 Å². The Morgan fingerprint density at radius 2 is 1.66 bits per heavy atom. The van der Waals surface area contributed by atoms with Crippen molar-refractivity contribution in [1.29, 1.82) is 0 Å². The number of carbonyl (C=O) groups excluding carboxylic acids is 2. The summed E-state index contributed by atoms with van der Waals surface area (Å²) in [5.41, 5.74) is 5.63. The molecule has 0 N–H and O–H groups in total. The summed E-state index contributed by atoms with van der Waals surface area (Å²) in [5, 5.41) is 0. The van der Waals surface area contributed by atoms with Crippen LogP contribution < -0.4 is 4.74 Å². The van der Waals surface area contributed by atoms with Crippen molar-refractivity contribution in [3.8, 4) is 16.9 Å². The first-order valence-electron chi connectivity index (χ1n) is 10.6. The normalized spacial score (nSPS) is 17.0. The summed E-state index contributed by atoms with van der Waals surface area (Å²) in [7, 11) is 0. The molecular weight excluding hydrogens is 406 g/mol. The lowest BCUT2D eigenvalue weighted by atomic mass is 9.98. The summed E-state index contributed by atoms with van der Waals surface area (Å²) in [6.45, 7) is 2.01. The fourth-order valence-electron chi connectivity index (χ4n) is 4.34. The molecule has 162 valence electrons. The monoisotopic (exact) mass is 429 g/mol. The van der Waals surface area contributed by atoms with Gasteiger partial charge in [0, 0.05) is 5.92 Å². The van der Waals surface area contributed by atoms with Crippen molar-refractivity contribution >= 4 is 12.1 Å². The molecule has 0 spiro atoms. The molecule has 3 aromatic carbocycles. The van der Waals surface area contributed by atoms with E-state index in [-0.39, 0.29) is 25.9 Å². The molecule has 1 heterocycles. The highest BCUT2D eigenvalue weighted by Crippen LogP contribution is 2.44. The number of cyclic esters (lactones) is 1. The molecule has 2 aliphatic rings. The van der Waals surface area contributed by atoms with Crippen LogP contribution in [0.4, 0.5) is 4.79 Å². The van der Waals surface area contributed by atoms with E-state index in [4.69, 9.17) is 14.2 Å². The average Bonchev–Trinajstić information content (AvgIpc) is 3.34. The van der Waals surface area contributed by atoms with Gasteiger partial charge < -0.3 is 14.2 Å².